The van der Waals surface area contributed by atoms with Gasteiger partial charge in [0, 0.05) is 35.7 Å². The zero-order chi connectivity index (χ0) is 36.3. The fraction of sp³-hybridized carbons (Fsp3) is 0.396. The van der Waals surface area contributed by atoms with Crippen molar-refractivity contribution in [1.29, 1.82) is 0 Å². The molecule has 0 amide bonds. The van der Waals surface area contributed by atoms with Crippen LogP contribution < -0.4 is 4.90 Å². The second-order valence-electron chi connectivity index (χ2n) is 15.2. The molecule has 0 fully saturated rings. The average molecular weight is 668 g/mol. The molecule has 0 saturated heterocycles. The minimum Gasteiger partial charge on any atom is -0.347 e. The molecule has 2 nitrogen and oxygen atoms in total. The fourth-order valence-electron chi connectivity index (χ4n) is 7.68. The lowest BCUT2D eigenvalue weighted by atomic mass is 9.74. The molecular weight excluding hydrogens is 607 g/mol. The average Bonchev–Trinajstić information content (AvgIpc) is 3.29. The second kappa shape index (κ2) is 17.7. The second-order valence-corrected chi connectivity index (χ2v) is 15.2. The number of unbranched alkanes of at least 4 members (excludes halogenated alkanes) is 5. The Morgan fingerprint density at radius 3 is 2.38 bits per heavy atom. The smallest absolute Gasteiger partial charge is 0.129 e. The maximum atomic E-state index is 10.5. The van der Waals surface area contributed by atoms with E-state index >= 15 is 0 Å². The van der Waals surface area contributed by atoms with E-state index in [0.717, 1.165) is 31.3 Å². The molecule has 1 heterocycles. The van der Waals surface area contributed by atoms with Crippen molar-refractivity contribution in [3.05, 3.63) is 143 Å². The molecular formula is C48H61NO. The predicted molar refractivity (Wildman–Crippen MR) is 220 cm³/mol. The Balaban J connectivity index is 0.000000442. The van der Waals surface area contributed by atoms with Crippen LogP contribution in [0.5, 0.6) is 0 Å². The molecule has 1 aliphatic carbocycles. The largest absolute Gasteiger partial charge is 0.347 e. The summed E-state index contributed by atoms with van der Waals surface area (Å²) >= 11 is 0. The highest BCUT2D eigenvalue weighted by Gasteiger charge is 2.40. The normalized spacial score (nSPS) is 16.0. The van der Waals surface area contributed by atoms with E-state index in [1.807, 2.05) is 0 Å². The van der Waals surface area contributed by atoms with Crippen molar-refractivity contribution in [3.8, 4) is 0 Å². The van der Waals surface area contributed by atoms with Crippen LogP contribution in [-0.2, 0) is 22.0 Å². The number of anilines is 1. The first-order valence-corrected chi connectivity index (χ1v) is 18.9. The van der Waals surface area contributed by atoms with Gasteiger partial charge in [0.2, 0.25) is 0 Å². The van der Waals surface area contributed by atoms with Crippen LogP contribution in [-0.4, -0.2) is 12.8 Å². The van der Waals surface area contributed by atoms with Crippen LogP contribution in [0.3, 0.4) is 0 Å². The van der Waals surface area contributed by atoms with Crippen molar-refractivity contribution in [3.63, 3.8) is 0 Å². The maximum Gasteiger partial charge on any atom is 0.129 e. The molecule has 0 atom stereocenters. The topological polar surface area (TPSA) is 20.3 Å². The van der Waals surface area contributed by atoms with Crippen molar-refractivity contribution in [2.24, 2.45) is 0 Å². The molecule has 0 aromatic heterocycles. The summed E-state index contributed by atoms with van der Waals surface area (Å²) in [5.74, 6) is 0.334. The highest BCUT2D eigenvalue weighted by atomic mass is 16.1. The highest BCUT2D eigenvalue weighted by molar-refractivity contribution is 5.88. The molecule has 1 aliphatic heterocycles. The number of Topliss-reactive ketones (excluding diaryl/α,β-unsaturated/α-hetero) is 1. The maximum absolute atomic E-state index is 10.5. The SMILES string of the molecule is C=C(/C=C/C=C/C=C/C=C1/N(C)c2ccc3c(c2C1(C)C)C=CCC3)C(C)(C)c1c(C)ccc2ccccc12.CCCCCCCCC(C)=O. The summed E-state index contributed by atoms with van der Waals surface area (Å²) in [6.07, 6.45) is 30.3. The van der Waals surface area contributed by atoms with Gasteiger partial charge in [-0.1, -0.05) is 164 Å². The fourth-order valence-corrected chi connectivity index (χ4v) is 7.68. The molecule has 2 heteroatoms. The van der Waals surface area contributed by atoms with E-state index in [1.165, 1.54) is 82.1 Å². The van der Waals surface area contributed by atoms with Crippen LogP contribution in [0.4, 0.5) is 5.69 Å². The molecule has 50 heavy (non-hydrogen) atoms. The summed E-state index contributed by atoms with van der Waals surface area (Å²) in [6.45, 7) is 19.8. The minimum atomic E-state index is -0.169. The zero-order valence-corrected chi connectivity index (χ0v) is 32.2. The summed E-state index contributed by atoms with van der Waals surface area (Å²) in [5.41, 5.74) is 10.6. The molecule has 0 N–H and O–H groups in total. The molecule has 0 radical (unpaired) electrons. The summed E-state index contributed by atoms with van der Waals surface area (Å²) in [4.78, 5) is 12.9. The summed E-state index contributed by atoms with van der Waals surface area (Å²) < 4.78 is 0. The quantitative estimate of drug-likeness (QED) is 0.134. The Labute approximate surface area is 304 Å². The van der Waals surface area contributed by atoms with Crippen LogP contribution in [0.2, 0.25) is 0 Å². The Morgan fingerprint density at radius 2 is 1.62 bits per heavy atom. The van der Waals surface area contributed by atoms with Crippen LogP contribution in [0.1, 0.15) is 121 Å². The first kappa shape index (κ1) is 38.6. The Hall–Kier alpha value is -4.17. The number of ketones is 1. The number of carbonyl (C=O) groups is 1. The Bertz CT molecular complexity index is 1810. The van der Waals surface area contributed by atoms with Crippen LogP contribution >= 0.6 is 0 Å². The molecule has 5 rings (SSSR count). The standard InChI is InChI=1S/C38H41N.C10H20O/c1-27-23-24-29-18-13-15-20-31(29)35(27)37(3,4)28(2)17-11-9-8-10-12-22-34-38(5,6)36-32-21-16-14-19-30(32)25-26-33(36)39(34)7;1-3-4-5-6-7-8-9-10(2)11/h8-13,15-18,20-26H,2,14,19H2,1,3-7H3;3-9H2,1-2H3/b9-8+,12-10+,17-11+,34-22+;. The lowest BCUT2D eigenvalue weighted by Crippen LogP contribution is -2.23. The predicted octanol–water partition coefficient (Wildman–Crippen LogP) is 13.2. The third kappa shape index (κ3) is 9.13. The summed E-state index contributed by atoms with van der Waals surface area (Å²) in [6, 6.07) is 17.7. The van der Waals surface area contributed by atoms with Crippen molar-refractivity contribution in [2.45, 2.75) is 117 Å². The zero-order valence-electron chi connectivity index (χ0n) is 32.2. The van der Waals surface area contributed by atoms with Gasteiger partial charge in [0.25, 0.3) is 0 Å². The number of aryl methyl sites for hydroxylation is 2. The number of carbonyl (C=O) groups excluding carboxylic acids is 1. The molecule has 0 bridgehead atoms. The van der Waals surface area contributed by atoms with E-state index in [1.54, 1.807) is 6.92 Å². The number of likely N-dealkylation sites (N-methyl/N-ethyl adjacent to an activating group) is 1. The first-order chi connectivity index (χ1) is 23.9. The third-order valence-corrected chi connectivity index (χ3v) is 10.6. The van der Waals surface area contributed by atoms with Gasteiger partial charge in [-0.3, -0.25) is 0 Å². The molecule has 3 aromatic rings. The number of allylic oxidation sites excluding steroid dienone is 10. The number of hydrogen-bond donors (Lipinski definition) is 0. The van der Waals surface area contributed by atoms with E-state index in [2.05, 4.69) is 163 Å². The molecule has 264 valence electrons. The van der Waals surface area contributed by atoms with Crippen molar-refractivity contribution >= 4 is 28.3 Å². The van der Waals surface area contributed by atoms with Gasteiger partial charge in [0.1, 0.15) is 5.78 Å². The van der Waals surface area contributed by atoms with Crippen molar-refractivity contribution in [1.82, 2.24) is 0 Å². The Morgan fingerprint density at radius 1 is 0.920 bits per heavy atom. The number of fused-ring (bicyclic) bond motifs is 4. The molecule has 2 aliphatic rings. The third-order valence-electron chi connectivity index (χ3n) is 10.6. The van der Waals surface area contributed by atoms with Gasteiger partial charge in [-0.15, -0.1) is 0 Å². The minimum absolute atomic E-state index is 0.0336. The van der Waals surface area contributed by atoms with Crippen molar-refractivity contribution < 1.29 is 4.79 Å². The van der Waals surface area contributed by atoms with E-state index in [0.29, 0.717) is 5.78 Å². The number of nitrogens with zero attached hydrogens (tertiary/aromatic N) is 1. The monoisotopic (exact) mass is 667 g/mol. The van der Waals surface area contributed by atoms with E-state index in [4.69, 9.17) is 0 Å². The number of benzene rings is 3. The van der Waals surface area contributed by atoms with Crippen molar-refractivity contribution in [2.75, 3.05) is 11.9 Å². The lowest BCUT2D eigenvalue weighted by Gasteiger charge is -2.29. The van der Waals surface area contributed by atoms with Gasteiger partial charge < -0.3 is 9.69 Å². The van der Waals surface area contributed by atoms with E-state index in [9.17, 15) is 4.79 Å². The molecule has 3 aromatic carbocycles. The van der Waals surface area contributed by atoms with E-state index in [-0.39, 0.29) is 10.8 Å². The summed E-state index contributed by atoms with van der Waals surface area (Å²) in [5, 5.41) is 2.58. The van der Waals surface area contributed by atoms with Gasteiger partial charge in [0.05, 0.1) is 0 Å². The van der Waals surface area contributed by atoms with Crippen LogP contribution in [0.15, 0.2) is 115 Å². The van der Waals surface area contributed by atoms with Crippen LogP contribution in [0.25, 0.3) is 16.8 Å². The van der Waals surface area contributed by atoms with Gasteiger partial charge in [-0.2, -0.15) is 0 Å². The number of hydrogen-bond acceptors (Lipinski definition) is 2. The molecule has 0 spiro atoms. The van der Waals surface area contributed by atoms with Gasteiger partial charge in [-0.05, 0) is 89.4 Å². The van der Waals surface area contributed by atoms with E-state index < -0.39 is 0 Å². The molecule has 0 unspecified atom stereocenters. The highest BCUT2D eigenvalue weighted by Crippen LogP contribution is 2.50. The first-order valence-electron chi connectivity index (χ1n) is 18.9. The number of rotatable bonds is 13. The van der Waals surface area contributed by atoms with Crippen LogP contribution in [0, 0.1) is 6.92 Å². The summed E-state index contributed by atoms with van der Waals surface area (Å²) in [7, 11) is 2.19. The Kier molecular flexibility index (Phi) is 13.6. The lowest BCUT2D eigenvalue weighted by molar-refractivity contribution is -0.117. The van der Waals surface area contributed by atoms with Gasteiger partial charge >= 0.3 is 0 Å². The molecule has 0 saturated carbocycles. The van der Waals surface area contributed by atoms with Gasteiger partial charge in [0.15, 0.2) is 0 Å². The van der Waals surface area contributed by atoms with Gasteiger partial charge in [-0.25, -0.2) is 0 Å².